The van der Waals surface area contributed by atoms with Crippen LogP contribution < -0.4 is 0 Å². The standard InChI is InChI=1S/C28H23FO4S2/c29-28(34(30,31)25-17-9-3-10-18-25,35(32,33)26-19-11-4-12-20-26)27(24-15-7-2-8-16-24)22-21-23-13-5-1-6-14-23/h1-22,27H/b22-21+/t27-/m0/s1. The lowest BCUT2D eigenvalue weighted by Gasteiger charge is -2.32. The van der Waals surface area contributed by atoms with E-state index in [0.29, 0.717) is 5.56 Å². The molecule has 0 fully saturated rings. The van der Waals surface area contributed by atoms with Crippen molar-refractivity contribution in [2.45, 2.75) is 20.0 Å². The van der Waals surface area contributed by atoms with Crippen molar-refractivity contribution in [1.29, 1.82) is 0 Å². The molecule has 0 spiro atoms. The largest absolute Gasteiger partial charge is 0.327 e. The lowest BCUT2D eigenvalue weighted by atomic mass is 9.98. The van der Waals surface area contributed by atoms with Crippen LogP contribution in [0.2, 0.25) is 0 Å². The second-order valence-electron chi connectivity index (χ2n) is 7.87. The lowest BCUT2D eigenvalue weighted by molar-refractivity contribution is 0.331. The third-order valence-corrected chi connectivity index (χ3v) is 10.7. The van der Waals surface area contributed by atoms with E-state index in [2.05, 4.69) is 0 Å². The first kappa shape index (κ1) is 24.6. The molecule has 0 aliphatic carbocycles. The zero-order chi connectivity index (χ0) is 24.9. The van der Waals surface area contributed by atoms with Gasteiger partial charge in [-0.05, 0) is 35.4 Å². The Bertz CT molecular complexity index is 1430. The van der Waals surface area contributed by atoms with Gasteiger partial charge in [-0.25, -0.2) is 21.2 Å². The van der Waals surface area contributed by atoms with Crippen LogP contribution in [0, 0.1) is 0 Å². The van der Waals surface area contributed by atoms with Gasteiger partial charge in [-0.2, -0.15) is 0 Å². The second kappa shape index (κ2) is 9.98. The van der Waals surface area contributed by atoms with E-state index >= 15 is 4.39 Å². The summed E-state index contributed by atoms with van der Waals surface area (Å²) in [6.45, 7) is 0. The number of sulfone groups is 2. The highest BCUT2D eigenvalue weighted by molar-refractivity contribution is 8.10. The molecule has 1 atom stereocenters. The minimum Gasteiger partial charge on any atom is -0.219 e. The first-order valence-electron chi connectivity index (χ1n) is 10.8. The molecule has 0 aromatic heterocycles. The number of hydrogen-bond acceptors (Lipinski definition) is 4. The Kier molecular flexibility index (Phi) is 7.00. The molecule has 0 amide bonds. The van der Waals surface area contributed by atoms with Gasteiger partial charge < -0.3 is 0 Å². The molecule has 0 radical (unpaired) electrons. The predicted octanol–water partition coefficient (Wildman–Crippen LogP) is 6.05. The second-order valence-corrected chi connectivity index (χ2v) is 12.3. The summed E-state index contributed by atoms with van der Waals surface area (Å²) in [4.78, 5) is -0.841. The van der Waals surface area contributed by atoms with Gasteiger partial charge in [0.15, 0.2) is 0 Å². The molecule has 0 bridgehead atoms. The highest BCUT2D eigenvalue weighted by atomic mass is 32.3. The van der Waals surface area contributed by atoms with Crippen molar-refractivity contribution >= 4 is 25.8 Å². The van der Waals surface area contributed by atoms with E-state index in [1.165, 1.54) is 72.8 Å². The average Bonchev–Trinajstić information content (AvgIpc) is 2.90. The van der Waals surface area contributed by atoms with Crippen molar-refractivity contribution in [2.75, 3.05) is 0 Å². The molecule has 4 nitrogen and oxygen atoms in total. The Morgan fingerprint density at radius 1 is 0.571 bits per heavy atom. The molecule has 0 aliphatic rings. The van der Waals surface area contributed by atoms with Crippen LogP contribution in [0.5, 0.6) is 0 Å². The quantitative estimate of drug-likeness (QED) is 0.292. The van der Waals surface area contributed by atoms with Gasteiger partial charge in [0.2, 0.25) is 19.7 Å². The molecule has 4 aromatic carbocycles. The number of hydrogen-bond donors (Lipinski definition) is 0. The fraction of sp³-hybridized carbons (Fsp3) is 0.0714. The fourth-order valence-corrected chi connectivity index (χ4v) is 8.36. The molecular formula is C28H23FO4S2. The van der Waals surface area contributed by atoms with Crippen molar-refractivity contribution in [1.82, 2.24) is 0 Å². The van der Waals surface area contributed by atoms with Crippen LogP contribution in [0.15, 0.2) is 137 Å². The van der Waals surface area contributed by atoms with Crippen molar-refractivity contribution < 1.29 is 21.2 Å². The van der Waals surface area contributed by atoms with Crippen molar-refractivity contribution in [3.63, 3.8) is 0 Å². The Balaban J connectivity index is 2.04. The van der Waals surface area contributed by atoms with Crippen molar-refractivity contribution in [2.24, 2.45) is 0 Å². The average molecular weight is 507 g/mol. The summed E-state index contributed by atoms with van der Waals surface area (Å²) in [5.41, 5.74) is 0.881. The highest BCUT2D eigenvalue weighted by Gasteiger charge is 2.62. The summed E-state index contributed by atoms with van der Waals surface area (Å²) >= 11 is 0. The number of allylic oxidation sites excluding steroid dienone is 1. The Labute approximate surface area is 205 Å². The van der Waals surface area contributed by atoms with Crippen LogP contribution in [0.25, 0.3) is 6.08 Å². The third kappa shape index (κ3) is 4.57. The molecule has 0 N–H and O–H groups in total. The van der Waals surface area contributed by atoms with Crippen LogP contribution >= 0.6 is 0 Å². The Morgan fingerprint density at radius 3 is 1.37 bits per heavy atom. The number of alkyl halides is 1. The van der Waals surface area contributed by atoms with Crippen LogP contribution in [-0.4, -0.2) is 21.2 Å². The molecule has 4 aromatic rings. The molecule has 0 saturated carbocycles. The molecule has 4 rings (SSSR count). The summed E-state index contributed by atoms with van der Waals surface area (Å²) in [6.07, 6.45) is 2.85. The van der Waals surface area contributed by atoms with Crippen LogP contribution in [0.3, 0.4) is 0 Å². The van der Waals surface area contributed by atoms with Gasteiger partial charge in [-0.15, -0.1) is 0 Å². The molecule has 0 aliphatic heterocycles. The Hall–Kier alpha value is -3.55. The van der Waals surface area contributed by atoms with Crippen LogP contribution in [0.4, 0.5) is 4.39 Å². The van der Waals surface area contributed by atoms with E-state index < -0.39 is 39.7 Å². The molecular weight excluding hydrogens is 483 g/mol. The summed E-state index contributed by atoms with van der Waals surface area (Å²) in [5, 5.41) is 0. The van der Waals surface area contributed by atoms with E-state index in [4.69, 9.17) is 0 Å². The molecule has 35 heavy (non-hydrogen) atoms. The zero-order valence-corrected chi connectivity index (χ0v) is 20.2. The predicted molar refractivity (Wildman–Crippen MR) is 136 cm³/mol. The van der Waals surface area contributed by atoms with E-state index in [-0.39, 0.29) is 5.56 Å². The SMILES string of the molecule is O=S(=O)(c1ccccc1)C(F)([C@@H](/C=C/c1ccccc1)c1ccccc1)S(=O)(=O)c1ccccc1. The fourth-order valence-electron chi connectivity index (χ4n) is 3.86. The molecule has 7 heteroatoms. The van der Waals surface area contributed by atoms with Crippen LogP contribution in [-0.2, 0) is 19.7 Å². The minimum absolute atomic E-state index is 0.209. The van der Waals surface area contributed by atoms with Crippen molar-refractivity contribution in [3.05, 3.63) is 139 Å². The van der Waals surface area contributed by atoms with E-state index in [1.54, 1.807) is 54.6 Å². The molecule has 0 unspecified atom stereocenters. The van der Waals surface area contributed by atoms with Gasteiger partial charge >= 0.3 is 4.33 Å². The summed E-state index contributed by atoms with van der Waals surface area (Å²) in [7, 11) is -10.1. The van der Waals surface area contributed by atoms with Gasteiger partial charge in [0, 0.05) is 0 Å². The minimum atomic E-state index is -5.06. The van der Waals surface area contributed by atoms with Gasteiger partial charge in [-0.3, -0.25) is 0 Å². The first-order chi connectivity index (χ1) is 16.8. The number of rotatable bonds is 8. The van der Waals surface area contributed by atoms with Gasteiger partial charge in [0.25, 0.3) is 0 Å². The van der Waals surface area contributed by atoms with Crippen LogP contribution in [0.1, 0.15) is 17.0 Å². The summed E-state index contributed by atoms with van der Waals surface area (Å²) in [5.74, 6) is -1.67. The molecule has 0 heterocycles. The molecule has 0 saturated heterocycles. The van der Waals surface area contributed by atoms with Gasteiger partial charge in [0.1, 0.15) is 0 Å². The van der Waals surface area contributed by atoms with E-state index in [0.717, 1.165) is 0 Å². The van der Waals surface area contributed by atoms with E-state index in [1.807, 2.05) is 6.07 Å². The highest BCUT2D eigenvalue weighted by Crippen LogP contribution is 2.48. The summed E-state index contributed by atoms with van der Waals surface area (Å²) in [6, 6.07) is 30.5. The normalized spacial score (nSPS) is 13.5. The number of benzene rings is 4. The third-order valence-electron chi connectivity index (χ3n) is 5.65. The lowest BCUT2D eigenvalue weighted by Crippen LogP contribution is -2.47. The summed E-state index contributed by atoms with van der Waals surface area (Å²) < 4.78 is 69.5. The maximum absolute atomic E-state index is 17.5. The van der Waals surface area contributed by atoms with E-state index in [9.17, 15) is 16.8 Å². The maximum atomic E-state index is 17.5. The Morgan fingerprint density at radius 2 is 0.943 bits per heavy atom. The van der Waals surface area contributed by atoms with Crippen molar-refractivity contribution in [3.8, 4) is 0 Å². The smallest absolute Gasteiger partial charge is 0.219 e. The molecule has 178 valence electrons. The number of halogens is 1. The maximum Gasteiger partial charge on any atom is 0.327 e. The monoisotopic (exact) mass is 506 g/mol. The van der Waals surface area contributed by atoms with Gasteiger partial charge in [-0.1, -0.05) is 109 Å². The first-order valence-corrected chi connectivity index (χ1v) is 13.8. The topological polar surface area (TPSA) is 68.3 Å². The zero-order valence-electron chi connectivity index (χ0n) is 18.6. The van der Waals surface area contributed by atoms with Gasteiger partial charge in [0.05, 0.1) is 15.7 Å².